The molecule has 0 unspecified atom stereocenters. The number of nitrogens with two attached hydrogens (primary N) is 2. The predicted molar refractivity (Wildman–Crippen MR) is 116 cm³/mol. The minimum atomic E-state index is -0.0504. The highest BCUT2D eigenvalue weighted by atomic mass is 16.5. The van der Waals surface area contributed by atoms with E-state index in [9.17, 15) is 0 Å². The molecule has 0 spiro atoms. The van der Waals surface area contributed by atoms with Gasteiger partial charge in [-0.2, -0.15) is 0 Å². The number of hydrogen-bond acceptors (Lipinski definition) is 6. The third kappa shape index (κ3) is 3.99. The summed E-state index contributed by atoms with van der Waals surface area (Å²) >= 11 is 0. The van der Waals surface area contributed by atoms with Gasteiger partial charge in [0.25, 0.3) is 0 Å². The monoisotopic (exact) mass is 388 g/mol. The molecule has 4 N–H and O–H groups in total. The van der Waals surface area contributed by atoms with Gasteiger partial charge in [0.15, 0.2) is 5.65 Å². The summed E-state index contributed by atoms with van der Waals surface area (Å²) in [5, 5.41) is 0. The number of ether oxygens (including phenoxy) is 1. The number of pyridine rings is 2. The largest absolute Gasteiger partial charge is 0.489 e. The summed E-state index contributed by atoms with van der Waals surface area (Å²) in [5.41, 5.74) is 16.1. The Morgan fingerprint density at radius 3 is 2.45 bits per heavy atom. The predicted octanol–water partition coefficient (Wildman–Crippen LogP) is 3.74. The van der Waals surface area contributed by atoms with E-state index in [2.05, 4.69) is 27.5 Å². The lowest BCUT2D eigenvalue weighted by atomic mass is 10.1. The minimum absolute atomic E-state index is 0.0504. The van der Waals surface area contributed by atoms with Crippen LogP contribution in [0.15, 0.2) is 48.5 Å². The van der Waals surface area contributed by atoms with Gasteiger partial charge >= 0.3 is 0 Å². The number of anilines is 2. The molecule has 0 fully saturated rings. The summed E-state index contributed by atoms with van der Waals surface area (Å²) in [6.45, 7) is 6.70. The van der Waals surface area contributed by atoms with Gasteiger partial charge in [0.05, 0.1) is 12.2 Å². The van der Waals surface area contributed by atoms with E-state index in [0.29, 0.717) is 18.2 Å². The second-order valence-corrected chi connectivity index (χ2v) is 7.26. The molecule has 0 aliphatic heterocycles. The van der Waals surface area contributed by atoms with Crippen LogP contribution in [0.25, 0.3) is 22.4 Å². The Balaban J connectivity index is 1.66. The zero-order valence-corrected chi connectivity index (χ0v) is 16.8. The smallest absolute Gasteiger partial charge is 0.160 e. The molecule has 0 aliphatic rings. The third-order valence-electron chi connectivity index (χ3n) is 4.71. The van der Waals surface area contributed by atoms with Crippen LogP contribution in [0.2, 0.25) is 0 Å². The Labute approximate surface area is 169 Å². The first kappa shape index (κ1) is 18.7. The van der Waals surface area contributed by atoms with Gasteiger partial charge in [0, 0.05) is 5.56 Å². The fourth-order valence-electron chi connectivity index (χ4n) is 3.43. The Bertz CT molecular complexity index is 1160. The average Bonchev–Trinajstić information content (AvgIpc) is 2.95. The van der Waals surface area contributed by atoms with Crippen molar-refractivity contribution in [1.29, 1.82) is 0 Å². The van der Waals surface area contributed by atoms with Crippen LogP contribution in [0.3, 0.4) is 0 Å². The van der Waals surface area contributed by atoms with Crippen LogP contribution in [0.1, 0.15) is 18.3 Å². The summed E-state index contributed by atoms with van der Waals surface area (Å²) in [7, 11) is 0. The molecule has 1 atom stereocenters. The van der Waals surface area contributed by atoms with E-state index in [1.165, 1.54) is 5.56 Å². The van der Waals surface area contributed by atoms with Crippen molar-refractivity contribution in [3.05, 3.63) is 59.9 Å². The van der Waals surface area contributed by atoms with E-state index in [1.54, 1.807) is 12.1 Å². The van der Waals surface area contributed by atoms with Crippen molar-refractivity contribution < 1.29 is 4.74 Å². The van der Waals surface area contributed by atoms with E-state index in [1.807, 2.05) is 44.2 Å². The number of hydrogen-bond donors (Lipinski definition) is 2. The zero-order valence-electron chi connectivity index (χ0n) is 16.8. The lowest BCUT2D eigenvalue weighted by Gasteiger charge is -2.17. The van der Waals surface area contributed by atoms with Crippen molar-refractivity contribution in [3.8, 4) is 17.0 Å². The lowest BCUT2D eigenvalue weighted by molar-refractivity contribution is 0.200. The van der Waals surface area contributed by atoms with Gasteiger partial charge in [-0.25, -0.2) is 15.0 Å². The third-order valence-corrected chi connectivity index (χ3v) is 4.71. The molecular weight excluding hydrogens is 364 g/mol. The fourth-order valence-corrected chi connectivity index (χ4v) is 3.43. The molecule has 7 heteroatoms. The molecule has 0 saturated heterocycles. The lowest BCUT2D eigenvalue weighted by Crippen LogP contribution is -2.20. The number of fused-ring (bicyclic) bond motifs is 1. The fraction of sp³-hybridized carbons (Fsp3) is 0.227. The second-order valence-electron chi connectivity index (χ2n) is 7.26. The first-order valence-electron chi connectivity index (χ1n) is 9.49. The molecule has 0 bridgehead atoms. The van der Waals surface area contributed by atoms with Gasteiger partial charge in [0.1, 0.15) is 34.8 Å². The normalized spacial score (nSPS) is 12.2. The Morgan fingerprint density at radius 1 is 0.966 bits per heavy atom. The van der Waals surface area contributed by atoms with Crippen molar-refractivity contribution >= 4 is 22.8 Å². The van der Waals surface area contributed by atoms with Crippen molar-refractivity contribution in [2.24, 2.45) is 0 Å². The van der Waals surface area contributed by atoms with Crippen LogP contribution in [-0.4, -0.2) is 25.6 Å². The molecular formula is C22H24N6O. The molecule has 0 radical (unpaired) electrons. The molecule has 29 heavy (non-hydrogen) atoms. The molecule has 0 aliphatic carbocycles. The van der Waals surface area contributed by atoms with Gasteiger partial charge in [-0.05, 0) is 62.7 Å². The Hall–Kier alpha value is -3.61. The average molecular weight is 388 g/mol. The summed E-state index contributed by atoms with van der Waals surface area (Å²) in [6, 6.07) is 15.5. The molecule has 4 aromatic rings. The van der Waals surface area contributed by atoms with Crippen LogP contribution < -0.4 is 16.2 Å². The Morgan fingerprint density at radius 2 is 1.72 bits per heavy atom. The van der Waals surface area contributed by atoms with Crippen molar-refractivity contribution in [3.63, 3.8) is 0 Å². The maximum Gasteiger partial charge on any atom is 0.160 e. The van der Waals surface area contributed by atoms with Crippen molar-refractivity contribution in [1.82, 2.24) is 19.5 Å². The molecule has 7 nitrogen and oxygen atoms in total. The number of imidazole rings is 1. The maximum absolute atomic E-state index is 6.10. The van der Waals surface area contributed by atoms with Gasteiger partial charge in [-0.1, -0.05) is 12.1 Å². The molecule has 0 amide bonds. The van der Waals surface area contributed by atoms with Crippen LogP contribution >= 0.6 is 0 Å². The number of aromatic nitrogens is 4. The maximum atomic E-state index is 6.10. The molecule has 4 rings (SSSR count). The Kier molecular flexibility index (Phi) is 4.80. The van der Waals surface area contributed by atoms with Crippen LogP contribution in [0.4, 0.5) is 11.6 Å². The topological polar surface area (TPSA) is 105 Å². The molecule has 3 aromatic heterocycles. The first-order valence-corrected chi connectivity index (χ1v) is 9.49. The van der Waals surface area contributed by atoms with Crippen molar-refractivity contribution in [2.45, 2.75) is 33.4 Å². The van der Waals surface area contributed by atoms with Gasteiger partial charge in [0.2, 0.25) is 0 Å². The minimum Gasteiger partial charge on any atom is -0.489 e. The number of rotatable bonds is 5. The number of aryl methyl sites for hydroxylation is 2. The number of nitrogens with zero attached hydrogens (tertiary/aromatic N) is 4. The van der Waals surface area contributed by atoms with Gasteiger partial charge in [-0.15, -0.1) is 0 Å². The summed E-state index contributed by atoms with van der Waals surface area (Å²) in [6.07, 6.45) is -0.0504. The zero-order chi connectivity index (χ0) is 20.5. The highest BCUT2D eigenvalue weighted by molar-refractivity contribution is 5.77. The number of nitrogen functional groups attached to an aromatic ring is 2. The van der Waals surface area contributed by atoms with Gasteiger partial charge < -0.3 is 20.8 Å². The highest BCUT2D eigenvalue weighted by Gasteiger charge is 2.15. The van der Waals surface area contributed by atoms with Crippen LogP contribution in [0, 0.1) is 13.8 Å². The molecule has 3 heterocycles. The molecule has 148 valence electrons. The SMILES string of the molecule is Cc1cccc(O[C@@H](C)Cn2c(C)nc3ccc(-c4cc(N)nc(N)c4)nc32)c1. The van der Waals surface area contributed by atoms with E-state index >= 15 is 0 Å². The van der Waals surface area contributed by atoms with E-state index in [0.717, 1.165) is 34.0 Å². The van der Waals surface area contributed by atoms with Crippen LogP contribution in [-0.2, 0) is 6.54 Å². The molecule has 0 saturated carbocycles. The standard InChI is InChI=1S/C22H24N6O/c1-13-5-4-6-17(9-13)29-14(2)12-28-15(3)25-19-8-7-18(26-22(19)28)16-10-20(23)27-21(24)11-16/h4-11,14H,12H2,1-3H3,(H4,23,24,27)/t14-/m0/s1. The quantitative estimate of drug-likeness (QED) is 0.539. The summed E-state index contributed by atoms with van der Waals surface area (Å²) in [4.78, 5) is 13.5. The number of benzene rings is 1. The molecule has 1 aromatic carbocycles. The summed E-state index contributed by atoms with van der Waals surface area (Å²) < 4.78 is 8.18. The summed E-state index contributed by atoms with van der Waals surface area (Å²) in [5.74, 6) is 2.48. The highest BCUT2D eigenvalue weighted by Crippen LogP contribution is 2.25. The van der Waals surface area contributed by atoms with E-state index in [4.69, 9.17) is 21.2 Å². The van der Waals surface area contributed by atoms with E-state index in [-0.39, 0.29) is 6.10 Å². The van der Waals surface area contributed by atoms with Gasteiger partial charge in [-0.3, -0.25) is 0 Å². The van der Waals surface area contributed by atoms with Crippen molar-refractivity contribution in [2.75, 3.05) is 11.5 Å². The van der Waals surface area contributed by atoms with E-state index < -0.39 is 0 Å². The second kappa shape index (κ2) is 7.43. The van der Waals surface area contributed by atoms with Crippen LogP contribution in [0.5, 0.6) is 5.75 Å². The first-order chi connectivity index (χ1) is 13.9.